The van der Waals surface area contributed by atoms with Crippen molar-refractivity contribution in [3.05, 3.63) is 35.5 Å². The first kappa shape index (κ1) is 13.3. The van der Waals surface area contributed by atoms with Crippen LogP contribution in [0.4, 0.5) is 0 Å². The minimum Gasteiger partial charge on any atom is -0.468 e. The maximum Gasteiger partial charge on any atom is 0.117 e. The minimum absolute atomic E-state index is 0.314. The van der Waals surface area contributed by atoms with Gasteiger partial charge in [0.1, 0.15) is 11.5 Å². The van der Waals surface area contributed by atoms with Gasteiger partial charge in [-0.2, -0.15) is 0 Å². The van der Waals surface area contributed by atoms with Gasteiger partial charge in [0.2, 0.25) is 0 Å². The summed E-state index contributed by atoms with van der Waals surface area (Å²) >= 11 is 0. The Morgan fingerprint density at radius 3 is 3.10 bits per heavy atom. The highest BCUT2D eigenvalue weighted by molar-refractivity contribution is 5.20. The Kier molecular flexibility index (Phi) is 3.84. The molecular formula is C14H20N4O2. The molecule has 0 bridgehead atoms. The van der Waals surface area contributed by atoms with Crippen LogP contribution in [-0.4, -0.2) is 40.2 Å². The van der Waals surface area contributed by atoms with Crippen LogP contribution in [0.15, 0.2) is 22.8 Å². The number of fused-ring (bicyclic) bond motifs is 1. The molecule has 108 valence electrons. The summed E-state index contributed by atoms with van der Waals surface area (Å²) in [5.74, 6) is 1.29. The fraction of sp³-hybridized carbons (Fsp3) is 0.571. The highest BCUT2D eigenvalue weighted by Gasteiger charge is 2.30. The second-order valence-corrected chi connectivity index (χ2v) is 5.14. The smallest absolute Gasteiger partial charge is 0.117 e. The molecule has 2 aromatic rings. The number of nitrogens with zero attached hydrogens (tertiary/aromatic N) is 4. The third-order valence-electron chi connectivity index (χ3n) is 3.71. The zero-order chi connectivity index (χ0) is 13.9. The molecule has 0 unspecified atom stereocenters. The van der Waals surface area contributed by atoms with Gasteiger partial charge in [0, 0.05) is 32.7 Å². The third-order valence-corrected chi connectivity index (χ3v) is 3.71. The van der Waals surface area contributed by atoms with Gasteiger partial charge >= 0.3 is 0 Å². The first-order valence-electron chi connectivity index (χ1n) is 6.97. The van der Waals surface area contributed by atoms with E-state index in [0.717, 1.165) is 37.6 Å². The summed E-state index contributed by atoms with van der Waals surface area (Å²) in [6.45, 7) is 6.18. The summed E-state index contributed by atoms with van der Waals surface area (Å²) in [6, 6.07) is 3.93. The van der Waals surface area contributed by atoms with Crippen LogP contribution >= 0.6 is 0 Å². The molecule has 3 rings (SSSR count). The predicted octanol–water partition coefficient (Wildman–Crippen LogP) is 1.64. The molecule has 1 aliphatic heterocycles. The van der Waals surface area contributed by atoms with Gasteiger partial charge in [-0.15, -0.1) is 5.10 Å². The van der Waals surface area contributed by atoms with E-state index in [0.29, 0.717) is 12.5 Å². The lowest BCUT2D eigenvalue weighted by molar-refractivity contribution is 0.127. The summed E-state index contributed by atoms with van der Waals surface area (Å²) < 4.78 is 12.8. The van der Waals surface area contributed by atoms with Crippen LogP contribution in [-0.2, 0) is 24.4 Å². The van der Waals surface area contributed by atoms with Crippen molar-refractivity contribution in [3.8, 4) is 0 Å². The van der Waals surface area contributed by atoms with E-state index in [1.807, 2.05) is 16.8 Å². The maximum absolute atomic E-state index is 5.43. The Morgan fingerprint density at radius 1 is 1.50 bits per heavy atom. The number of hydrogen-bond acceptors (Lipinski definition) is 5. The van der Waals surface area contributed by atoms with E-state index in [-0.39, 0.29) is 0 Å². The van der Waals surface area contributed by atoms with Crippen molar-refractivity contribution in [2.24, 2.45) is 0 Å². The van der Waals surface area contributed by atoms with Gasteiger partial charge in [0.05, 0.1) is 25.1 Å². The standard InChI is InChI=1S/C14H20N4O2/c1-3-18-14-11(10-19-2)7-17(9-13(14)15-16-18)8-12-5-4-6-20-12/h4-6,11H,3,7-10H2,1-2H3/t11-/m0/s1. The van der Waals surface area contributed by atoms with Gasteiger partial charge in [-0.25, -0.2) is 4.68 Å². The van der Waals surface area contributed by atoms with Gasteiger partial charge in [0.25, 0.3) is 0 Å². The van der Waals surface area contributed by atoms with Crippen LogP contribution < -0.4 is 0 Å². The van der Waals surface area contributed by atoms with Crippen molar-refractivity contribution in [2.75, 3.05) is 20.3 Å². The predicted molar refractivity (Wildman–Crippen MR) is 73.1 cm³/mol. The molecule has 0 aromatic carbocycles. The molecule has 0 spiro atoms. The second-order valence-electron chi connectivity index (χ2n) is 5.14. The average Bonchev–Trinajstić information content (AvgIpc) is 3.08. The minimum atomic E-state index is 0.314. The molecule has 6 heteroatoms. The van der Waals surface area contributed by atoms with Crippen molar-refractivity contribution < 1.29 is 9.15 Å². The van der Waals surface area contributed by atoms with Crippen molar-refractivity contribution in [3.63, 3.8) is 0 Å². The molecule has 0 saturated heterocycles. The molecule has 0 aliphatic carbocycles. The summed E-state index contributed by atoms with van der Waals surface area (Å²) in [5, 5.41) is 8.57. The lowest BCUT2D eigenvalue weighted by Gasteiger charge is -2.31. The molecule has 2 aromatic heterocycles. The van der Waals surface area contributed by atoms with E-state index >= 15 is 0 Å². The van der Waals surface area contributed by atoms with E-state index < -0.39 is 0 Å². The van der Waals surface area contributed by atoms with Crippen molar-refractivity contribution in [1.82, 2.24) is 19.9 Å². The van der Waals surface area contributed by atoms with Gasteiger partial charge in [-0.1, -0.05) is 5.21 Å². The quantitative estimate of drug-likeness (QED) is 0.831. The first-order chi connectivity index (χ1) is 9.81. The van der Waals surface area contributed by atoms with E-state index in [2.05, 4.69) is 22.1 Å². The number of aromatic nitrogens is 3. The molecule has 0 amide bonds. The lowest BCUT2D eigenvalue weighted by atomic mass is 9.99. The molecule has 0 N–H and O–H groups in total. The van der Waals surface area contributed by atoms with Crippen LogP contribution in [0.5, 0.6) is 0 Å². The molecular weight excluding hydrogens is 256 g/mol. The van der Waals surface area contributed by atoms with Crippen molar-refractivity contribution in [1.29, 1.82) is 0 Å². The summed E-state index contributed by atoms with van der Waals surface area (Å²) in [7, 11) is 1.74. The molecule has 1 aliphatic rings. The summed E-state index contributed by atoms with van der Waals surface area (Å²) in [4.78, 5) is 2.33. The summed E-state index contributed by atoms with van der Waals surface area (Å²) in [6.07, 6.45) is 1.71. The number of methoxy groups -OCH3 is 1. The van der Waals surface area contributed by atoms with Crippen LogP contribution in [0.2, 0.25) is 0 Å². The van der Waals surface area contributed by atoms with E-state index in [4.69, 9.17) is 9.15 Å². The Hall–Kier alpha value is -1.66. The van der Waals surface area contributed by atoms with Crippen LogP contribution in [0, 0.1) is 0 Å². The van der Waals surface area contributed by atoms with E-state index in [9.17, 15) is 0 Å². The summed E-state index contributed by atoms with van der Waals surface area (Å²) in [5.41, 5.74) is 2.29. The maximum atomic E-state index is 5.43. The van der Waals surface area contributed by atoms with E-state index in [1.165, 1.54) is 5.69 Å². The number of furan rings is 1. The fourth-order valence-electron chi connectivity index (χ4n) is 2.90. The molecule has 0 saturated carbocycles. The molecule has 0 radical (unpaired) electrons. The van der Waals surface area contributed by atoms with Gasteiger partial charge in [-0.05, 0) is 19.1 Å². The normalized spacial score (nSPS) is 19.2. The SMILES string of the molecule is CCn1nnc2c1[C@H](COC)CN(Cc1ccco1)C2. The molecule has 6 nitrogen and oxygen atoms in total. The highest BCUT2D eigenvalue weighted by Crippen LogP contribution is 2.28. The number of rotatable bonds is 5. The lowest BCUT2D eigenvalue weighted by Crippen LogP contribution is -2.35. The third kappa shape index (κ3) is 2.48. The number of ether oxygens (including phenoxy) is 1. The van der Waals surface area contributed by atoms with Gasteiger partial charge in [0.15, 0.2) is 0 Å². The Morgan fingerprint density at radius 2 is 2.40 bits per heavy atom. The molecule has 0 fully saturated rings. The largest absolute Gasteiger partial charge is 0.468 e. The Labute approximate surface area is 118 Å². The van der Waals surface area contributed by atoms with Crippen molar-refractivity contribution in [2.45, 2.75) is 32.5 Å². The van der Waals surface area contributed by atoms with Gasteiger partial charge < -0.3 is 9.15 Å². The molecule has 1 atom stereocenters. The highest BCUT2D eigenvalue weighted by atomic mass is 16.5. The number of aryl methyl sites for hydroxylation is 1. The topological polar surface area (TPSA) is 56.3 Å². The fourth-order valence-corrected chi connectivity index (χ4v) is 2.90. The average molecular weight is 276 g/mol. The number of hydrogen-bond donors (Lipinski definition) is 0. The monoisotopic (exact) mass is 276 g/mol. The zero-order valence-corrected chi connectivity index (χ0v) is 12.0. The van der Waals surface area contributed by atoms with Crippen molar-refractivity contribution >= 4 is 0 Å². The first-order valence-corrected chi connectivity index (χ1v) is 6.97. The second kappa shape index (κ2) is 5.76. The Bertz CT molecular complexity index is 550. The van der Waals surface area contributed by atoms with Gasteiger partial charge in [-0.3, -0.25) is 4.90 Å². The molecule has 20 heavy (non-hydrogen) atoms. The molecule has 3 heterocycles. The van der Waals surface area contributed by atoms with Crippen LogP contribution in [0.3, 0.4) is 0 Å². The Balaban J connectivity index is 1.81. The van der Waals surface area contributed by atoms with Crippen LogP contribution in [0.25, 0.3) is 0 Å². The zero-order valence-electron chi connectivity index (χ0n) is 12.0. The van der Waals surface area contributed by atoms with E-state index in [1.54, 1.807) is 13.4 Å². The van der Waals surface area contributed by atoms with Crippen LogP contribution in [0.1, 0.15) is 30.0 Å².